The summed E-state index contributed by atoms with van der Waals surface area (Å²) in [7, 11) is 0. The molecule has 3 N–H and O–H groups in total. The van der Waals surface area contributed by atoms with Gasteiger partial charge in [-0.1, -0.05) is 0 Å². The summed E-state index contributed by atoms with van der Waals surface area (Å²) >= 11 is 0. The van der Waals surface area contributed by atoms with Crippen molar-refractivity contribution in [2.75, 3.05) is 19.8 Å². The minimum atomic E-state index is -0.775. The topological polar surface area (TPSA) is 64.7 Å². The van der Waals surface area contributed by atoms with Gasteiger partial charge in [-0.25, -0.2) is 0 Å². The van der Waals surface area contributed by atoms with Crippen LogP contribution in [0.5, 0.6) is 0 Å². The van der Waals surface area contributed by atoms with Gasteiger partial charge in [0.25, 0.3) is 0 Å². The summed E-state index contributed by atoms with van der Waals surface area (Å²) in [5.74, 6) is -0.521. The molecule has 1 aliphatic heterocycles. The van der Waals surface area contributed by atoms with E-state index in [1.165, 1.54) is 0 Å². The zero-order valence-electron chi connectivity index (χ0n) is 7.79. The smallest absolute Gasteiger partial charge is 0.171 e. The van der Waals surface area contributed by atoms with Gasteiger partial charge in [-0.2, -0.15) is 0 Å². The van der Waals surface area contributed by atoms with E-state index in [4.69, 9.17) is 15.2 Å². The first-order valence-corrected chi connectivity index (χ1v) is 4.89. The molecule has 2 rings (SSSR count). The van der Waals surface area contributed by atoms with Gasteiger partial charge in [0.05, 0.1) is 18.8 Å². The molecule has 4 heteroatoms. The van der Waals surface area contributed by atoms with Crippen LogP contribution in [-0.2, 0) is 9.47 Å². The highest BCUT2D eigenvalue weighted by atomic mass is 16.7. The average Bonchev–Trinajstić information content (AvgIpc) is 2.53. The van der Waals surface area contributed by atoms with E-state index in [0.717, 1.165) is 19.3 Å². The van der Waals surface area contributed by atoms with Crippen molar-refractivity contribution in [2.24, 2.45) is 5.73 Å². The van der Waals surface area contributed by atoms with E-state index < -0.39 is 11.4 Å². The molecule has 2 aliphatic rings. The Morgan fingerprint density at radius 2 is 1.92 bits per heavy atom. The second kappa shape index (κ2) is 3.20. The van der Waals surface area contributed by atoms with Crippen molar-refractivity contribution >= 4 is 0 Å². The molecule has 2 fully saturated rings. The molecule has 1 atom stereocenters. The molecule has 13 heavy (non-hydrogen) atoms. The van der Waals surface area contributed by atoms with Crippen LogP contribution in [0.4, 0.5) is 0 Å². The van der Waals surface area contributed by atoms with Gasteiger partial charge in [0.1, 0.15) is 0 Å². The van der Waals surface area contributed by atoms with Gasteiger partial charge in [-0.15, -0.1) is 0 Å². The highest BCUT2D eigenvalue weighted by Crippen LogP contribution is 2.40. The Morgan fingerprint density at radius 3 is 2.54 bits per heavy atom. The Kier molecular flexibility index (Phi) is 2.32. The molecule has 0 radical (unpaired) electrons. The first kappa shape index (κ1) is 9.40. The maximum absolute atomic E-state index is 10.0. The molecule has 1 unspecified atom stereocenters. The zero-order valence-corrected chi connectivity index (χ0v) is 7.79. The van der Waals surface area contributed by atoms with E-state index in [2.05, 4.69) is 0 Å². The molecule has 1 heterocycles. The third-order valence-corrected chi connectivity index (χ3v) is 2.99. The molecule has 76 valence electrons. The first-order chi connectivity index (χ1) is 6.18. The molecule has 0 amide bonds. The Balaban J connectivity index is 2.06. The molecule has 0 bridgehead atoms. The Hall–Kier alpha value is -0.160. The van der Waals surface area contributed by atoms with Gasteiger partial charge in [0.15, 0.2) is 5.79 Å². The molecular formula is C9H17NO3. The minimum absolute atomic E-state index is 0.293. The van der Waals surface area contributed by atoms with Crippen molar-refractivity contribution in [2.45, 2.75) is 37.1 Å². The first-order valence-electron chi connectivity index (χ1n) is 4.89. The summed E-state index contributed by atoms with van der Waals surface area (Å²) in [6.07, 6.45) is 3.09. The van der Waals surface area contributed by atoms with Gasteiger partial charge < -0.3 is 20.3 Å². The van der Waals surface area contributed by atoms with Crippen LogP contribution < -0.4 is 5.73 Å². The Bertz CT molecular complexity index is 191. The molecule has 1 aliphatic carbocycles. The van der Waals surface area contributed by atoms with E-state index in [1.807, 2.05) is 0 Å². The van der Waals surface area contributed by atoms with Crippen LogP contribution in [0.25, 0.3) is 0 Å². The van der Waals surface area contributed by atoms with E-state index in [1.54, 1.807) is 0 Å². The van der Waals surface area contributed by atoms with Crippen molar-refractivity contribution in [3.8, 4) is 0 Å². The van der Waals surface area contributed by atoms with Crippen LogP contribution >= 0.6 is 0 Å². The van der Waals surface area contributed by atoms with Crippen LogP contribution in [0.2, 0.25) is 0 Å². The van der Waals surface area contributed by atoms with Crippen LogP contribution in [0.1, 0.15) is 25.7 Å². The average molecular weight is 187 g/mol. The standard InChI is InChI=1S/C9H17NO3/c10-7-8(11)2-1-3-9(6-8)12-4-5-13-9/h11H,1-7,10H2. The SMILES string of the molecule is NCC1(O)CCCC2(C1)OCCO2. The van der Waals surface area contributed by atoms with E-state index in [0.29, 0.717) is 26.2 Å². The number of aliphatic hydroxyl groups is 1. The molecule has 1 saturated carbocycles. The second-order valence-electron chi connectivity index (χ2n) is 4.07. The number of hydrogen-bond donors (Lipinski definition) is 2. The summed E-state index contributed by atoms with van der Waals surface area (Å²) in [6.45, 7) is 1.57. The number of nitrogens with two attached hydrogens (primary N) is 1. The molecular weight excluding hydrogens is 170 g/mol. The normalized spacial score (nSPS) is 38.3. The zero-order chi connectivity index (χ0) is 9.36. The molecule has 0 aromatic carbocycles. The van der Waals surface area contributed by atoms with Gasteiger partial charge >= 0.3 is 0 Å². The molecule has 0 aromatic rings. The summed E-state index contributed by atoms with van der Waals surface area (Å²) in [4.78, 5) is 0. The lowest BCUT2D eigenvalue weighted by molar-refractivity contribution is -0.215. The lowest BCUT2D eigenvalue weighted by Crippen LogP contribution is -2.50. The molecule has 1 saturated heterocycles. The highest BCUT2D eigenvalue weighted by molar-refractivity contribution is 4.93. The summed E-state index contributed by atoms with van der Waals surface area (Å²) in [5.41, 5.74) is 4.75. The van der Waals surface area contributed by atoms with Gasteiger partial charge in [0.2, 0.25) is 0 Å². The predicted molar refractivity (Wildman–Crippen MR) is 47.1 cm³/mol. The minimum Gasteiger partial charge on any atom is -0.388 e. The highest BCUT2D eigenvalue weighted by Gasteiger charge is 2.47. The van der Waals surface area contributed by atoms with Crippen LogP contribution in [0.15, 0.2) is 0 Å². The fourth-order valence-corrected chi connectivity index (χ4v) is 2.28. The summed E-state index contributed by atoms with van der Waals surface area (Å²) < 4.78 is 11.1. The summed E-state index contributed by atoms with van der Waals surface area (Å²) in [6, 6.07) is 0. The third kappa shape index (κ3) is 1.72. The second-order valence-corrected chi connectivity index (χ2v) is 4.07. The largest absolute Gasteiger partial charge is 0.388 e. The van der Waals surface area contributed by atoms with Gasteiger partial charge in [-0.3, -0.25) is 0 Å². The van der Waals surface area contributed by atoms with Gasteiger partial charge in [0, 0.05) is 19.4 Å². The van der Waals surface area contributed by atoms with Crippen molar-refractivity contribution in [1.29, 1.82) is 0 Å². The van der Waals surface area contributed by atoms with E-state index >= 15 is 0 Å². The maximum Gasteiger partial charge on any atom is 0.171 e. The Labute approximate surface area is 78.0 Å². The summed E-state index contributed by atoms with van der Waals surface area (Å²) in [5, 5.41) is 10.0. The van der Waals surface area contributed by atoms with Crippen molar-refractivity contribution in [3.05, 3.63) is 0 Å². The lowest BCUT2D eigenvalue weighted by atomic mass is 9.81. The molecule has 1 spiro atoms. The third-order valence-electron chi connectivity index (χ3n) is 2.99. The molecule has 4 nitrogen and oxygen atoms in total. The monoisotopic (exact) mass is 187 g/mol. The van der Waals surface area contributed by atoms with E-state index in [-0.39, 0.29) is 0 Å². The number of rotatable bonds is 1. The van der Waals surface area contributed by atoms with E-state index in [9.17, 15) is 5.11 Å². The van der Waals surface area contributed by atoms with Crippen LogP contribution in [-0.4, -0.2) is 36.3 Å². The number of ether oxygens (including phenoxy) is 2. The Morgan fingerprint density at radius 1 is 1.23 bits per heavy atom. The predicted octanol–water partition coefficient (Wildman–Crippen LogP) is -0.00670. The van der Waals surface area contributed by atoms with Crippen LogP contribution in [0.3, 0.4) is 0 Å². The van der Waals surface area contributed by atoms with Crippen molar-refractivity contribution in [1.82, 2.24) is 0 Å². The van der Waals surface area contributed by atoms with Crippen LogP contribution in [0, 0.1) is 0 Å². The van der Waals surface area contributed by atoms with Crippen molar-refractivity contribution in [3.63, 3.8) is 0 Å². The maximum atomic E-state index is 10.0. The number of hydrogen-bond acceptors (Lipinski definition) is 4. The van der Waals surface area contributed by atoms with Crippen molar-refractivity contribution < 1.29 is 14.6 Å². The lowest BCUT2D eigenvalue weighted by Gasteiger charge is -2.41. The quantitative estimate of drug-likeness (QED) is 0.606. The fraction of sp³-hybridized carbons (Fsp3) is 1.00. The molecule has 0 aromatic heterocycles. The van der Waals surface area contributed by atoms with Gasteiger partial charge in [-0.05, 0) is 12.8 Å². The fourth-order valence-electron chi connectivity index (χ4n) is 2.28.